The number of hydrogen-bond acceptors (Lipinski definition) is 6. The Morgan fingerprint density at radius 1 is 1.09 bits per heavy atom. The number of rotatable bonds is 4. The first kappa shape index (κ1) is 19.9. The van der Waals surface area contributed by atoms with Gasteiger partial charge in [-0.25, -0.2) is 14.5 Å². The van der Waals surface area contributed by atoms with Crippen molar-refractivity contribution in [3.63, 3.8) is 0 Å². The van der Waals surface area contributed by atoms with Crippen LogP contribution in [0.1, 0.15) is 17.9 Å². The van der Waals surface area contributed by atoms with Crippen LogP contribution in [0.15, 0.2) is 71.9 Å². The molecule has 1 saturated heterocycles. The van der Waals surface area contributed by atoms with E-state index >= 15 is 0 Å². The number of aromatic nitrogens is 5. The largest absolute Gasteiger partial charge is 0.324 e. The second-order valence-electron chi connectivity index (χ2n) is 8.06. The summed E-state index contributed by atoms with van der Waals surface area (Å²) in [5.41, 5.74) is 2.96. The van der Waals surface area contributed by atoms with Crippen LogP contribution >= 0.6 is 11.6 Å². The molecule has 0 bridgehead atoms. The third-order valence-corrected chi connectivity index (χ3v) is 6.36. The van der Waals surface area contributed by atoms with Gasteiger partial charge in [-0.05, 0) is 48.7 Å². The first-order valence-electron chi connectivity index (χ1n) is 10.8. The summed E-state index contributed by atoms with van der Waals surface area (Å²) in [4.78, 5) is 26.8. The SMILES string of the molecule is O=c1c2cnc(Nc3ccc(C4CCNC4)cc3)nc2n2ccnc2n1-c1ccccc1Cl. The van der Waals surface area contributed by atoms with Crippen molar-refractivity contribution in [2.75, 3.05) is 18.4 Å². The number of halogens is 1. The zero-order chi connectivity index (χ0) is 22.4. The van der Waals surface area contributed by atoms with E-state index in [0.717, 1.165) is 25.2 Å². The molecule has 2 aromatic carbocycles. The Labute approximate surface area is 193 Å². The molecule has 1 unspecified atom stereocenters. The Morgan fingerprint density at radius 2 is 1.94 bits per heavy atom. The maximum atomic E-state index is 13.4. The minimum atomic E-state index is -0.280. The van der Waals surface area contributed by atoms with Gasteiger partial charge >= 0.3 is 0 Å². The van der Waals surface area contributed by atoms with Crippen molar-refractivity contribution in [1.29, 1.82) is 0 Å². The quantitative estimate of drug-likeness (QED) is 0.425. The molecule has 0 amide bonds. The van der Waals surface area contributed by atoms with E-state index in [4.69, 9.17) is 11.6 Å². The summed E-state index contributed by atoms with van der Waals surface area (Å²) in [6, 6.07) is 15.5. The van der Waals surface area contributed by atoms with Crippen LogP contribution in [0.2, 0.25) is 5.02 Å². The Balaban J connectivity index is 1.41. The van der Waals surface area contributed by atoms with Gasteiger partial charge in [-0.2, -0.15) is 4.98 Å². The molecule has 5 aromatic rings. The normalized spacial score (nSPS) is 16.0. The molecular weight excluding hydrogens is 438 g/mol. The fourth-order valence-electron chi connectivity index (χ4n) is 4.36. The summed E-state index contributed by atoms with van der Waals surface area (Å²) >= 11 is 6.38. The average Bonchev–Trinajstić information content (AvgIpc) is 3.54. The number of fused-ring (bicyclic) bond motifs is 3. The second kappa shape index (κ2) is 7.99. The van der Waals surface area contributed by atoms with Crippen molar-refractivity contribution in [2.45, 2.75) is 12.3 Å². The minimum absolute atomic E-state index is 0.280. The molecule has 1 atom stereocenters. The van der Waals surface area contributed by atoms with Gasteiger partial charge in [-0.15, -0.1) is 0 Å². The van der Waals surface area contributed by atoms with Gasteiger partial charge in [0.25, 0.3) is 5.56 Å². The number of para-hydroxylation sites is 1. The van der Waals surface area contributed by atoms with E-state index in [0.29, 0.717) is 39.4 Å². The lowest BCUT2D eigenvalue weighted by Crippen LogP contribution is -2.22. The van der Waals surface area contributed by atoms with E-state index in [-0.39, 0.29) is 5.56 Å². The molecule has 8 nitrogen and oxygen atoms in total. The number of imidazole rings is 1. The molecule has 0 saturated carbocycles. The lowest BCUT2D eigenvalue weighted by molar-refractivity contribution is 0.763. The molecule has 3 aromatic heterocycles. The maximum Gasteiger partial charge on any atom is 0.270 e. The van der Waals surface area contributed by atoms with Crippen molar-refractivity contribution < 1.29 is 0 Å². The van der Waals surface area contributed by atoms with Gasteiger partial charge in [-0.1, -0.05) is 35.9 Å². The lowest BCUT2D eigenvalue weighted by Gasteiger charge is -2.13. The van der Waals surface area contributed by atoms with E-state index in [1.807, 2.05) is 24.3 Å². The molecule has 4 heterocycles. The molecule has 0 radical (unpaired) electrons. The van der Waals surface area contributed by atoms with E-state index in [2.05, 4.69) is 37.7 Å². The van der Waals surface area contributed by atoms with Crippen LogP contribution in [0.4, 0.5) is 11.6 Å². The molecule has 1 aliphatic heterocycles. The zero-order valence-electron chi connectivity index (χ0n) is 17.6. The molecule has 33 heavy (non-hydrogen) atoms. The third-order valence-electron chi connectivity index (χ3n) is 6.04. The number of nitrogens with one attached hydrogen (secondary N) is 2. The Morgan fingerprint density at radius 3 is 2.73 bits per heavy atom. The van der Waals surface area contributed by atoms with Crippen LogP contribution < -0.4 is 16.2 Å². The second-order valence-corrected chi connectivity index (χ2v) is 8.46. The lowest BCUT2D eigenvalue weighted by atomic mass is 9.98. The third kappa shape index (κ3) is 3.44. The highest BCUT2D eigenvalue weighted by Crippen LogP contribution is 2.25. The van der Waals surface area contributed by atoms with Crippen molar-refractivity contribution in [3.8, 4) is 5.69 Å². The van der Waals surface area contributed by atoms with E-state index in [1.54, 1.807) is 35.1 Å². The van der Waals surface area contributed by atoms with Gasteiger partial charge in [0.2, 0.25) is 11.7 Å². The molecule has 2 N–H and O–H groups in total. The summed E-state index contributed by atoms with van der Waals surface area (Å²) in [7, 11) is 0. The van der Waals surface area contributed by atoms with Crippen LogP contribution in [-0.2, 0) is 0 Å². The first-order chi connectivity index (χ1) is 16.2. The first-order valence-corrected chi connectivity index (χ1v) is 11.1. The average molecular weight is 458 g/mol. The number of benzene rings is 2. The fourth-order valence-corrected chi connectivity index (χ4v) is 4.58. The van der Waals surface area contributed by atoms with Crippen molar-refractivity contribution >= 4 is 40.0 Å². The summed E-state index contributed by atoms with van der Waals surface area (Å²) in [6.45, 7) is 2.09. The summed E-state index contributed by atoms with van der Waals surface area (Å²) < 4.78 is 3.25. The molecular formula is C24H20ClN7O. The minimum Gasteiger partial charge on any atom is -0.324 e. The van der Waals surface area contributed by atoms with E-state index in [9.17, 15) is 4.79 Å². The van der Waals surface area contributed by atoms with Crippen LogP contribution in [-0.4, -0.2) is 37.0 Å². The molecule has 164 valence electrons. The highest BCUT2D eigenvalue weighted by atomic mass is 35.5. The smallest absolute Gasteiger partial charge is 0.270 e. The fraction of sp³-hybridized carbons (Fsp3) is 0.167. The van der Waals surface area contributed by atoms with E-state index in [1.165, 1.54) is 10.1 Å². The highest BCUT2D eigenvalue weighted by molar-refractivity contribution is 6.32. The maximum absolute atomic E-state index is 13.4. The summed E-state index contributed by atoms with van der Waals surface area (Å²) in [5, 5.41) is 7.47. The predicted molar refractivity (Wildman–Crippen MR) is 129 cm³/mol. The topological polar surface area (TPSA) is 89.1 Å². The molecule has 6 rings (SSSR count). The molecule has 0 spiro atoms. The van der Waals surface area contributed by atoms with Crippen LogP contribution in [0.5, 0.6) is 0 Å². The standard InChI is InChI=1S/C24H20ClN7O/c25-19-3-1-2-4-20(19)32-22(33)18-14-28-23(30-21(18)31-12-11-27-24(31)32)29-17-7-5-15(6-8-17)16-9-10-26-13-16/h1-8,11-12,14,16,26H,9-10,13H2,(H,28,29,30). The van der Waals surface area contributed by atoms with Crippen molar-refractivity contribution in [3.05, 3.63) is 88.1 Å². The molecule has 1 fully saturated rings. The summed E-state index contributed by atoms with van der Waals surface area (Å²) in [6.07, 6.45) is 6.10. The monoisotopic (exact) mass is 457 g/mol. The van der Waals surface area contributed by atoms with Crippen LogP contribution in [0, 0.1) is 0 Å². The van der Waals surface area contributed by atoms with Gasteiger partial charge in [-0.3, -0.25) is 9.20 Å². The van der Waals surface area contributed by atoms with Gasteiger partial charge in [0.1, 0.15) is 5.39 Å². The number of anilines is 2. The highest BCUT2D eigenvalue weighted by Gasteiger charge is 2.18. The van der Waals surface area contributed by atoms with Gasteiger partial charge in [0.05, 0.1) is 10.7 Å². The Bertz CT molecular complexity index is 1530. The van der Waals surface area contributed by atoms with Crippen molar-refractivity contribution in [2.24, 2.45) is 0 Å². The van der Waals surface area contributed by atoms with Crippen LogP contribution in [0.3, 0.4) is 0 Å². The van der Waals surface area contributed by atoms with Gasteiger partial charge < -0.3 is 10.6 Å². The molecule has 1 aliphatic rings. The van der Waals surface area contributed by atoms with Gasteiger partial charge in [0, 0.05) is 30.8 Å². The zero-order valence-corrected chi connectivity index (χ0v) is 18.3. The molecule has 9 heteroatoms. The number of nitrogens with zero attached hydrogens (tertiary/aromatic N) is 5. The van der Waals surface area contributed by atoms with Crippen LogP contribution in [0.25, 0.3) is 22.5 Å². The van der Waals surface area contributed by atoms with Gasteiger partial charge in [0.15, 0.2) is 5.65 Å². The number of hydrogen-bond donors (Lipinski definition) is 2. The predicted octanol–water partition coefficient (Wildman–Crippen LogP) is 3.90. The Hall–Kier alpha value is -3.75. The van der Waals surface area contributed by atoms with Crippen molar-refractivity contribution in [1.82, 2.24) is 29.2 Å². The molecule has 0 aliphatic carbocycles. The summed E-state index contributed by atoms with van der Waals surface area (Å²) in [5.74, 6) is 1.40. The van der Waals surface area contributed by atoms with E-state index < -0.39 is 0 Å². The Kier molecular flexibility index (Phi) is 4.82.